The number of likely N-dealkylation sites (N-methyl/N-ethyl adjacent to an activating group) is 1. The summed E-state index contributed by atoms with van der Waals surface area (Å²) in [5.74, 6) is -1.49. The van der Waals surface area contributed by atoms with E-state index in [1.54, 1.807) is 13.1 Å². The van der Waals surface area contributed by atoms with Gasteiger partial charge in [-0.2, -0.15) is 0 Å². The van der Waals surface area contributed by atoms with E-state index in [0.29, 0.717) is 6.42 Å². The first-order valence-electron chi connectivity index (χ1n) is 12.4. The van der Waals surface area contributed by atoms with Gasteiger partial charge < -0.3 is 20.9 Å². The quantitative estimate of drug-likeness (QED) is 0.431. The molecule has 0 unspecified atom stereocenters. The molecule has 3 N–H and O–H groups in total. The molecule has 8 nitrogen and oxygen atoms in total. The van der Waals surface area contributed by atoms with Gasteiger partial charge in [-0.1, -0.05) is 57.5 Å². The van der Waals surface area contributed by atoms with Crippen molar-refractivity contribution in [3.05, 3.63) is 53.8 Å². The molecule has 0 saturated heterocycles. The van der Waals surface area contributed by atoms with Gasteiger partial charge in [0, 0.05) is 25.9 Å². The van der Waals surface area contributed by atoms with E-state index in [-0.39, 0.29) is 35.5 Å². The Morgan fingerprint density at radius 1 is 1.06 bits per heavy atom. The smallest absolute Gasteiger partial charge is 0.246 e. The molecule has 0 radical (unpaired) electrons. The first-order chi connectivity index (χ1) is 16.8. The van der Waals surface area contributed by atoms with Crippen LogP contribution in [0.5, 0.6) is 0 Å². The molecular formula is C28H40N4O4. The van der Waals surface area contributed by atoms with Crippen LogP contribution in [0.25, 0.3) is 0 Å². The summed E-state index contributed by atoms with van der Waals surface area (Å²) in [6.07, 6.45) is 5.68. The minimum absolute atomic E-state index is 0.143. The average Bonchev–Trinajstić information content (AvgIpc) is 3.06. The third kappa shape index (κ3) is 6.42. The lowest BCUT2D eigenvalue weighted by Crippen LogP contribution is -2.56. The second kappa shape index (κ2) is 12.0. The summed E-state index contributed by atoms with van der Waals surface area (Å²) in [7, 11) is 1.57. The van der Waals surface area contributed by atoms with Gasteiger partial charge in [-0.3, -0.25) is 19.2 Å². The Morgan fingerprint density at radius 2 is 1.69 bits per heavy atom. The molecule has 0 saturated carbocycles. The highest BCUT2D eigenvalue weighted by molar-refractivity contribution is 6.08. The average molecular weight is 497 g/mol. The summed E-state index contributed by atoms with van der Waals surface area (Å²) < 4.78 is 0. The predicted molar refractivity (Wildman–Crippen MR) is 142 cm³/mol. The molecule has 0 spiro atoms. The van der Waals surface area contributed by atoms with Crippen molar-refractivity contribution < 1.29 is 19.2 Å². The number of amides is 4. The summed E-state index contributed by atoms with van der Waals surface area (Å²) in [4.78, 5) is 52.6. The number of carbonyl (C=O) groups is 4. The maximum Gasteiger partial charge on any atom is 0.246 e. The molecule has 1 aromatic rings. The second-order valence-electron chi connectivity index (χ2n) is 10.4. The van der Waals surface area contributed by atoms with E-state index in [1.807, 2.05) is 71.9 Å². The van der Waals surface area contributed by atoms with Crippen LogP contribution in [0.2, 0.25) is 0 Å². The minimum atomic E-state index is -0.954. The molecule has 2 rings (SSSR count). The third-order valence-electron chi connectivity index (χ3n) is 6.44. The zero-order valence-electron chi connectivity index (χ0n) is 22.6. The zero-order valence-corrected chi connectivity index (χ0v) is 22.6. The fourth-order valence-electron chi connectivity index (χ4n) is 4.50. The number of hydrogen-bond donors (Lipinski definition) is 3. The fourth-order valence-corrected chi connectivity index (χ4v) is 4.50. The molecule has 36 heavy (non-hydrogen) atoms. The van der Waals surface area contributed by atoms with Crippen LogP contribution in [0.1, 0.15) is 60.5 Å². The topological polar surface area (TPSA) is 108 Å². The van der Waals surface area contributed by atoms with Crippen molar-refractivity contribution in [1.29, 1.82) is 0 Å². The van der Waals surface area contributed by atoms with Gasteiger partial charge in [0.1, 0.15) is 12.1 Å². The first kappa shape index (κ1) is 28.8. The summed E-state index contributed by atoms with van der Waals surface area (Å²) in [5.41, 5.74) is 1.73. The van der Waals surface area contributed by atoms with Crippen LogP contribution in [0.15, 0.2) is 48.2 Å². The largest absolute Gasteiger partial charge is 0.344 e. The Balaban J connectivity index is 2.31. The van der Waals surface area contributed by atoms with Crippen LogP contribution in [0.4, 0.5) is 5.69 Å². The van der Waals surface area contributed by atoms with Crippen LogP contribution < -0.4 is 16.0 Å². The Morgan fingerprint density at radius 3 is 2.25 bits per heavy atom. The molecular weight excluding hydrogens is 456 g/mol. The van der Waals surface area contributed by atoms with Crippen molar-refractivity contribution in [1.82, 2.24) is 15.5 Å². The van der Waals surface area contributed by atoms with Crippen LogP contribution in [0, 0.1) is 11.8 Å². The molecule has 1 aliphatic rings. The van der Waals surface area contributed by atoms with Crippen molar-refractivity contribution in [2.75, 3.05) is 12.4 Å². The van der Waals surface area contributed by atoms with E-state index in [2.05, 4.69) is 16.0 Å². The van der Waals surface area contributed by atoms with Crippen LogP contribution in [0.3, 0.4) is 0 Å². The van der Waals surface area contributed by atoms with Crippen molar-refractivity contribution in [3.8, 4) is 0 Å². The lowest BCUT2D eigenvalue weighted by Gasteiger charge is -2.34. The van der Waals surface area contributed by atoms with E-state index in [9.17, 15) is 19.2 Å². The molecule has 0 fully saturated rings. The monoisotopic (exact) mass is 496 g/mol. The van der Waals surface area contributed by atoms with Crippen molar-refractivity contribution in [2.24, 2.45) is 11.8 Å². The zero-order chi connectivity index (χ0) is 27.2. The molecule has 0 bridgehead atoms. The van der Waals surface area contributed by atoms with E-state index in [1.165, 1.54) is 18.0 Å². The number of nitrogens with zero attached hydrogens (tertiary/aromatic N) is 1. The molecule has 8 heteroatoms. The lowest BCUT2D eigenvalue weighted by molar-refractivity contribution is -0.143. The van der Waals surface area contributed by atoms with E-state index >= 15 is 0 Å². The Kier molecular flexibility index (Phi) is 9.62. The Hall–Kier alpha value is -3.42. The molecule has 1 aromatic carbocycles. The SMILES string of the molecule is CC(=O)N[C@H](C(=O)N(C)[C@H](C(=O)N/C=C\[C@]1(CC=C(C)C)C(=O)Nc2ccccc21)C(C)C)C(C)C. The number of nitrogens with one attached hydrogen (secondary N) is 3. The highest BCUT2D eigenvalue weighted by atomic mass is 16.2. The predicted octanol–water partition coefficient (Wildman–Crippen LogP) is 3.51. The van der Waals surface area contributed by atoms with Gasteiger partial charge in [0.05, 0.1) is 5.41 Å². The van der Waals surface area contributed by atoms with Crippen molar-refractivity contribution >= 4 is 29.3 Å². The molecule has 196 valence electrons. The van der Waals surface area contributed by atoms with E-state index < -0.39 is 17.5 Å². The van der Waals surface area contributed by atoms with Gasteiger partial charge in [-0.05, 0) is 49.8 Å². The maximum atomic E-state index is 13.3. The van der Waals surface area contributed by atoms with Gasteiger partial charge in [0.15, 0.2) is 0 Å². The highest BCUT2D eigenvalue weighted by Crippen LogP contribution is 2.41. The number of anilines is 1. The molecule has 3 atom stereocenters. The number of fused-ring (bicyclic) bond motifs is 1. The molecule has 4 amide bonds. The molecule has 1 heterocycles. The molecule has 0 aromatic heterocycles. The number of rotatable bonds is 10. The number of benzene rings is 1. The summed E-state index contributed by atoms with van der Waals surface area (Å²) in [6, 6.07) is 6.03. The normalized spacial score (nSPS) is 18.4. The van der Waals surface area contributed by atoms with Gasteiger partial charge in [-0.25, -0.2) is 0 Å². The van der Waals surface area contributed by atoms with E-state index in [0.717, 1.165) is 16.8 Å². The summed E-state index contributed by atoms with van der Waals surface area (Å²) in [5, 5.41) is 8.43. The first-order valence-corrected chi connectivity index (χ1v) is 12.4. The Labute approximate surface area is 214 Å². The fraction of sp³-hybridized carbons (Fsp3) is 0.500. The standard InChI is InChI=1S/C28H40N4O4/c1-17(2)13-14-28(21-11-9-10-12-22(21)31-27(28)36)15-16-29-25(34)24(19(5)6)32(8)26(35)23(18(3)4)30-20(7)33/h9-13,15-16,18-19,23-24H,14H2,1-8H3,(H,29,34)(H,30,33)(H,31,36)/b16-15-/t23-,24-,28-/m0/s1. The molecule has 0 aliphatic carbocycles. The highest BCUT2D eigenvalue weighted by Gasteiger charge is 2.44. The second-order valence-corrected chi connectivity index (χ2v) is 10.4. The van der Waals surface area contributed by atoms with Gasteiger partial charge in [0.2, 0.25) is 23.6 Å². The number of carbonyl (C=O) groups excluding carboxylic acids is 4. The number of hydrogen-bond acceptors (Lipinski definition) is 4. The maximum absolute atomic E-state index is 13.3. The van der Waals surface area contributed by atoms with Crippen LogP contribution in [-0.4, -0.2) is 47.7 Å². The van der Waals surface area contributed by atoms with Gasteiger partial charge in [-0.15, -0.1) is 0 Å². The number of allylic oxidation sites excluding steroid dienone is 2. The summed E-state index contributed by atoms with van der Waals surface area (Å²) in [6.45, 7) is 12.7. The van der Waals surface area contributed by atoms with Crippen LogP contribution >= 0.6 is 0 Å². The van der Waals surface area contributed by atoms with Gasteiger partial charge >= 0.3 is 0 Å². The van der Waals surface area contributed by atoms with Crippen LogP contribution in [-0.2, 0) is 24.6 Å². The van der Waals surface area contributed by atoms with Crippen molar-refractivity contribution in [3.63, 3.8) is 0 Å². The Bertz CT molecular complexity index is 1060. The third-order valence-corrected chi connectivity index (χ3v) is 6.44. The van der Waals surface area contributed by atoms with E-state index in [4.69, 9.17) is 0 Å². The van der Waals surface area contributed by atoms with Gasteiger partial charge in [0.25, 0.3) is 0 Å². The molecule has 1 aliphatic heterocycles. The number of para-hydroxylation sites is 1. The summed E-state index contributed by atoms with van der Waals surface area (Å²) >= 11 is 0. The van der Waals surface area contributed by atoms with Crippen molar-refractivity contribution in [2.45, 2.75) is 72.4 Å². The minimum Gasteiger partial charge on any atom is -0.344 e. The lowest BCUT2D eigenvalue weighted by atomic mass is 9.78.